The van der Waals surface area contributed by atoms with E-state index in [9.17, 15) is 19.1 Å². The first-order valence-electron chi connectivity index (χ1n) is 10.1. The number of benzene rings is 3. The van der Waals surface area contributed by atoms with Crippen LogP contribution in [0, 0.1) is 18.6 Å². The van der Waals surface area contributed by atoms with Crippen molar-refractivity contribution in [1.29, 1.82) is 0 Å². The normalized spacial score (nSPS) is 12.8. The van der Waals surface area contributed by atoms with Gasteiger partial charge in [-0.05, 0) is 65.6 Å². The zero-order valence-electron chi connectivity index (χ0n) is 17.1. The number of aromatic nitrogens is 1. The molecule has 1 aromatic heterocycles. The largest absolute Gasteiger partial charge is 0.477 e. The molecule has 0 unspecified atom stereocenters. The summed E-state index contributed by atoms with van der Waals surface area (Å²) in [4.78, 5) is 24.6. The van der Waals surface area contributed by atoms with Gasteiger partial charge in [-0.15, -0.1) is 0 Å². The number of pyridine rings is 1. The highest BCUT2D eigenvalue weighted by Crippen LogP contribution is 2.34. The highest BCUT2D eigenvalue weighted by molar-refractivity contribution is 5.96. The van der Waals surface area contributed by atoms with E-state index in [0.29, 0.717) is 34.4 Å². The number of aromatic carboxylic acids is 1. The minimum absolute atomic E-state index is 0.0456. The average Bonchev–Trinajstić information content (AvgIpc) is 3.23. The molecule has 32 heavy (non-hydrogen) atoms. The second kappa shape index (κ2) is 7.39. The maximum Gasteiger partial charge on any atom is 0.341 e. The number of carboxylic acids is 1. The molecule has 0 fully saturated rings. The molecule has 1 aliphatic rings. The van der Waals surface area contributed by atoms with Crippen molar-refractivity contribution in [3.05, 3.63) is 98.8 Å². The van der Waals surface area contributed by atoms with Crippen LogP contribution in [0.2, 0.25) is 0 Å². The average molecular weight is 432 g/mol. The fourth-order valence-corrected chi connectivity index (χ4v) is 4.41. The molecule has 4 aromatic rings. The van der Waals surface area contributed by atoms with Gasteiger partial charge in [-0.1, -0.05) is 12.1 Å². The van der Waals surface area contributed by atoms with Gasteiger partial charge in [0.25, 0.3) is 0 Å². The molecule has 7 heteroatoms. The first-order chi connectivity index (χ1) is 15.3. The van der Waals surface area contributed by atoms with Crippen LogP contribution in [-0.2, 0) is 13.1 Å². The molecule has 160 valence electrons. The van der Waals surface area contributed by atoms with Crippen molar-refractivity contribution < 1.29 is 18.7 Å². The quantitative estimate of drug-likeness (QED) is 0.499. The minimum atomic E-state index is -1.42. The number of hydrogen-bond donors (Lipinski definition) is 2. The van der Waals surface area contributed by atoms with Crippen molar-refractivity contribution in [1.82, 2.24) is 9.88 Å². The van der Waals surface area contributed by atoms with Crippen molar-refractivity contribution >= 4 is 16.9 Å². The molecule has 5 nitrogen and oxygen atoms in total. The summed E-state index contributed by atoms with van der Waals surface area (Å²) in [5.74, 6) is -2.47. The van der Waals surface area contributed by atoms with Crippen LogP contribution in [0.3, 0.4) is 0 Å². The summed E-state index contributed by atoms with van der Waals surface area (Å²) in [6.45, 7) is 3.16. The minimum Gasteiger partial charge on any atom is -0.477 e. The number of halogens is 2. The summed E-state index contributed by atoms with van der Waals surface area (Å²) in [5.41, 5.74) is 3.31. The van der Waals surface area contributed by atoms with E-state index in [1.54, 1.807) is 6.92 Å². The smallest absolute Gasteiger partial charge is 0.341 e. The Morgan fingerprint density at radius 2 is 1.75 bits per heavy atom. The van der Waals surface area contributed by atoms with E-state index < -0.39 is 28.6 Å². The van der Waals surface area contributed by atoms with Crippen LogP contribution in [0.5, 0.6) is 0 Å². The Morgan fingerprint density at radius 3 is 2.47 bits per heavy atom. The van der Waals surface area contributed by atoms with Gasteiger partial charge >= 0.3 is 5.97 Å². The Kier molecular flexibility index (Phi) is 4.64. The molecule has 0 radical (unpaired) electrons. The summed E-state index contributed by atoms with van der Waals surface area (Å²) in [7, 11) is 0. The predicted molar refractivity (Wildman–Crippen MR) is 117 cm³/mol. The van der Waals surface area contributed by atoms with E-state index in [4.69, 9.17) is 0 Å². The first kappa shape index (κ1) is 20.1. The van der Waals surface area contributed by atoms with Crippen molar-refractivity contribution in [3.8, 4) is 16.8 Å². The van der Waals surface area contributed by atoms with Crippen LogP contribution in [0.4, 0.5) is 8.78 Å². The van der Waals surface area contributed by atoms with E-state index in [1.807, 2.05) is 18.2 Å². The number of aryl methyl sites for hydroxylation is 1. The second-order valence-electron chi connectivity index (χ2n) is 7.87. The number of nitrogens with zero attached hydrogens (tertiary/aromatic N) is 1. The number of rotatable bonds is 3. The topological polar surface area (TPSA) is 71.3 Å². The Morgan fingerprint density at radius 1 is 1.03 bits per heavy atom. The lowest BCUT2D eigenvalue weighted by atomic mass is 9.94. The SMILES string of the molecule is Cc1c(-c2ccc3c(c2)CNC3)c(F)cc2c(=O)c(C(=O)O)cn(-c3ccc(F)cc3)c12. The van der Waals surface area contributed by atoms with Crippen molar-refractivity contribution in [2.24, 2.45) is 0 Å². The van der Waals surface area contributed by atoms with E-state index in [1.165, 1.54) is 35.0 Å². The Hall–Kier alpha value is -3.84. The molecular formula is C25H18F2N2O3. The molecule has 1 aliphatic heterocycles. The fourth-order valence-electron chi connectivity index (χ4n) is 4.41. The highest BCUT2D eigenvalue weighted by Gasteiger charge is 2.22. The molecule has 5 rings (SSSR count). The molecule has 2 N–H and O–H groups in total. The molecule has 2 heterocycles. The third-order valence-corrected chi connectivity index (χ3v) is 5.94. The number of fused-ring (bicyclic) bond motifs is 2. The molecule has 0 bridgehead atoms. The number of hydrogen-bond acceptors (Lipinski definition) is 3. The van der Waals surface area contributed by atoms with Gasteiger partial charge in [-0.2, -0.15) is 0 Å². The first-order valence-corrected chi connectivity index (χ1v) is 10.1. The molecule has 0 aliphatic carbocycles. The van der Waals surface area contributed by atoms with Gasteiger partial charge in [0, 0.05) is 30.5 Å². The van der Waals surface area contributed by atoms with Gasteiger partial charge in [0.05, 0.1) is 10.9 Å². The van der Waals surface area contributed by atoms with Gasteiger partial charge in [0.2, 0.25) is 5.43 Å². The Labute approximate surface area is 181 Å². The fraction of sp³-hybridized carbons (Fsp3) is 0.120. The summed E-state index contributed by atoms with van der Waals surface area (Å²) in [6, 6.07) is 12.3. The lowest BCUT2D eigenvalue weighted by molar-refractivity contribution is 0.0695. The zero-order chi connectivity index (χ0) is 22.6. The van der Waals surface area contributed by atoms with Crippen LogP contribution in [0.1, 0.15) is 27.0 Å². The molecule has 0 atom stereocenters. The Bertz CT molecular complexity index is 1470. The number of nitrogens with one attached hydrogen (secondary N) is 1. The third-order valence-electron chi connectivity index (χ3n) is 5.94. The maximum absolute atomic E-state index is 15.4. The number of carboxylic acid groups (broad SMARTS) is 1. The van der Waals surface area contributed by atoms with Gasteiger partial charge in [0.1, 0.15) is 17.2 Å². The van der Waals surface area contributed by atoms with Crippen LogP contribution < -0.4 is 10.7 Å². The van der Waals surface area contributed by atoms with Crippen molar-refractivity contribution in [3.63, 3.8) is 0 Å². The maximum atomic E-state index is 15.4. The van der Waals surface area contributed by atoms with Crippen molar-refractivity contribution in [2.45, 2.75) is 20.0 Å². The van der Waals surface area contributed by atoms with Crippen LogP contribution in [-0.4, -0.2) is 15.6 Å². The van der Waals surface area contributed by atoms with Gasteiger partial charge in [0.15, 0.2) is 0 Å². The zero-order valence-corrected chi connectivity index (χ0v) is 17.1. The number of carbonyl (C=O) groups is 1. The molecule has 0 spiro atoms. The molecule has 3 aromatic carbocycles. The van der Waals surface area contributed by atoms with E-state index in [0.717, 1.165) is 23.7 Å². The highest BCUT2D eigenvalue weighted by atomic mass is 19.1. The third kappa shape index (κ3) is 3.09. The van der Waals surface area contributed by atoms with Crippen LogP contribution >= 0.6 is 0 Å². The summed E-state index contributed by atoms with van der Waals surface area (Å²) < 4.78 is 30.4. The monoisotopic (exact) mass is 432 g/mol. The van der Waals surface area contributed by atoms with Crippen LogP contribution in [0.25, 0.3) is 27.7 Å². The van der Waals surface area contributed by atoms with Gasteiger partial charge in [-0.25, -0.2) is 13.6 Å². The predicted octanol–water partition coefficient (Wildman–Crippen LogP) is 4.55. The molecule has 0 amide bonds. The summed E-state index contributed by atoms with van der Waals surface area (Å²) >= 11 is 0. The van der Waals surface area contributed by atoms with Crippen molar-refractivity contribution in [2.75, 3.05) is 0 Å². The summed E-state index contributed by atoms with van der Waals surface area (Å²) in [6.07, 6.45) is 1.21. The molecular weight excluding hydrogens is 414 g/mol. The van der Waals surface area contributed by atoms with E-state index in [-0.39, 0.29) is 5.39 Å². The molecule has 0 saturated heterocycles. The lowest BCUT2D eigenvalue weighted by Crippen LogP contribution is -2.19. The Balaban J connectivity index is 1.87. The molecule has 0 saturated carbocycles. The summed E-state index contributed by atoms with van der Waals surface area (Å²) in [5, 5.41) is 12.7. The van der Waals surface area contributed by atoms with E-state index in [2.05, 4.69) is 5.32 Å². The second-order valence-corrected chi connectivity index (χ2v) is 7.87. The lowest BCUT2D eigenvalue weighted by Gasteiger charge is -2.18. The standard InChI is InChI=1S/C25H18F2N2O3/c1-13-22(14-2-3-15-10-28-11-16(15)8-14)21(27)9-19-23(13)29(12-20(24(19)30)25(31)32)18-6-4-17(26)5-7-18/h2-9,12,28H,10-11H2,1H3,(H,31,32). The van der Waals surface area contributed by atoms with E-state index >= 15 is 4.39 Å². The van der Waals surface area contributed by atoms with Crippen LogP contribution in [0.15, 0.2) is 59.5 Å². The van der Waals surface area contributed by atoms with Gasteiger partial charge in [-0.3, -0.25) is 4.79 Å². The van der Waals surface area contributed by atoms with Gasteiger partial charge < -0.3 is 15.0 Å².